The van der Waals surface area contributed by atoms with Crippen LogP contribution >= 0.6 is 0 Å². The quantitative estimate of drug-likeness (QED) is 0.601. The molecule has 0 atom stereocenters. The van der Waals surface area contributed by atoms with Crippen LogP contribution in [-0.4, -0.2) is 69.9 Å². The minimum absolute atomic E-state index is 0.0930. The Kier molecular flexibility index (Phi) is 7.48. The summed E-state index contributed by atoms with van der Waals surface area (Å²) in [5.74, 6) is 0.711. The second kappa shape index (κ2) is 10.4. The van der Waals surface area contributed by atoms with E-state index >= 15 is 0 Å². The van der Waals surface area contributed by atoms with Crippen LogP contribution in [0.25, 0.3) is 0 Å². The molecule has 7 nitrogen and oxygen atoms in total. The average molecular weight is 486 g/mol. The lowest BCUT2D eigenvalue weighted by Gasteiger charge is -2.37. The van der Waals surface area contributed by atoms with Crippen LogP contribution in [0.2, 0.25) is 0 Å². The van der Waals surface area contributed by atoms with Crippen molar-refractivity contribution >= 4 is 21.6 Å². The molecule has 0 aliphatic carbocycles. The van der Waals surface area contributed by atoms with Gasteiger partial charge >= 0.3 is 0 Å². The first kappa shape index (κ1) is 24.5. The molecule has 2 fully saturated rings. The van der Waals surface area contributed by atoms with Crippen LogP contribution in [0.4, 0.5) is 5.69 Å². The third kappa shape index (κ3) is 5.08. The Morgan fingerprint density at radius 2 is 1.68 bits per heavy atom. The summed E-state index contributed by atoms with van der Waals surface area (Å²) < 4.78 is 32.9. The van der Waals surface area contributed by atoms with Gasteiger partial charge in [0.1, 0.15) is 5.75 Å². The molecule has 0 bridgehead atoms. The van der Waals surface area contributed by atoms with Gasteiger partial charge in [0.15, 0.2) is 0 Å². The van der Waals surface area contributed by atoms with Crippen LogP contribution in [0.15, 0.2) is 41.3 Å². The molecule has 0 unspecified atom stereocenters. The molecule has 0 aromatic heterocycles. The molecule has 0 spiro atoms. The summed E-state index contributed by atoms with van der Waals surface area (Å²) in [5.41, 5.74) is 4.56. The first-order valence-electron chi connectivity index (χ1n) is 12.1. The minimum atomic E-state index is -3.51. The van der Waals surface area contributed by atoms with Crippen molar-refractivity contribution in [1.29, 1.82) is 0 Å². The molecule has 2 heterocycles. The zero-order valence-electron chi connectivity index (χ0n) is 20.4. The van der Waals surface area contributed by atoms with E-state index in [9.17, 15) is 13.2 Å². The molecule has 34 heavy (non-hydrogen) atoms. The van der Waals surface area contributed by atoms with E-state index in [1.165, 1.54) is 16.8 Å². The van der Waals surface area contributed by atoms with Crippen molar-refractivity contribution in [2.24, 2.45) is 0 Å². The van der Waals surface area contributed by atoms with E-state index in [4.69, 9.17) is 4.74 Å². The molecule has 8 heteroatoms. The number of carbonyl (C=O) groups is 1. The summed E-state index contributed by atoms with van der Waals surface area (Å²) in [4.78, 5) is 17.5. The number of nitrogens with zero attached hydrogens (tertiary/aromatic N) is 3. The number of piperazine rings is 1. The number of aryl methyl sites for hydroxylation is 2. The van der Waals surface area contributed by atoms with Gasteiger partial charge in [0, 0.05) is 51.4 Å². The average Bonchev–Trinajstić information content (AvgIpc) is 3.40. The number of carbonyl (C=O) groups excluding carboxylic acids is 1. The maximum atomic E-state index is 13.0. The molecular formula is C26H35N3O4S. The number of ether oxygens (including phenoxy) is 1. The largest absolute Gasteiger partial charge is 0.496 e. The molecule has 2 saturated heterocycles. The van der Waals surface area contributed by atoms with Crippen molar-refractivity contribution in [3.63, 3.8) is 0 Å². The lowest BCUT2D eigenvalue weighted by atomic mass is 10.1. The van der Waals surface area contributed by atoms with E-state index in [0.717, 1.165) is 31.5 Å². The minimum Gasteiger partial charge on any atom is -0.496 e. The summed E-state index contributed by atoms with van der Waals surface area (Å²) in [7, 11) is -1.94. The van der Waals surface area contributed by atoms with Crippen LogP contribution in [-0.2, 0) is 21.2 Å². The van der Waals surface area contributed by atoms with Gasteiger partial charge in [-0.2, -0.15) is 4.31 Å². The Bertz CT molecular complexity index is 1130. The van der Waals surface area contributed by atoms with Gasteiger partial charge in [-0.3, -0.25) is 4.79 Å². The Morgan fingerprint density at radius 3 is 2.35 bits per heavy atom. The molecule has 2 aromatic carbocycles. The second-order valence-corrected chi connectivity index (χ2v) is 11.1. The summed E-state index contributed by atoms with van der Waals surface area (Å²) in [6.07, 6.45) is 2.57. The highest BCUT2D eigenvalue weighted by Gasteiger charge is 2.28. The fourth-order valence-corrected chi connectivity index (χ4v) is 6.43. The highest BCUT2D eigenvalue weighted by Crippen LogP contribution is 2.28. The van der Waals surface area contributed by atoms with E-state index in [0.29, 0.717) is 44.8 Å². The van der Waals surface area contributed by atoms with E-state index in [1.54, 1.807) is 29.6 Å². The Balaban J connectivity index is 1.38. The Labute approximate surface area is 203 Å². The fraction of sp³-hybridized carbons (Fsp3) is 0.500. The van der Waals surface area contributed by atoms with E-state index < -0.39 is 10.0 Å². The van der Waals surface area contributed by atoms with Crippen LogP contribution < -0.4 is 9.64 Å². The Hall–Kier alpha value is -2.58. The van der Waals surface area contributed by atoms with Gasteiger partial charge in [0.2, 0.25) is 15.9 Å². The first-order valence-corrected chi connectivity index (χ1v) is 13.5. The molecule has 2 aliphatic heterocycles. The van der Waals surface area contributed by atoms with Crippen molar-refractivity contribution in [2.75, 3.05) is 51.3 Å². The lowest BCUT2D eigenvalue weighted by Crippen LogP contribution is -2.49. The van der Waals surface area contributed by atoms with Crippen LogP contribution in [0.5, 0.6) is 5.75 Å². The van der Waals surface area contributed by atoms with E-state index in [-0.39, 0.29) is 10.8 Å². The summed E-state index contributed by atoms with van der Waals surface area (Å²) in [5, 5.41) is 0. The van der Waals surface area contributed by atoms with Crippen molar-refractivity contribution in [1.82, 2.24) is 9.21 Å². The zero-order chi connectivity index (χ0) is 24.3. The standard InChI is InChI=1S/C26H35N3O4S/c1-20-7-6-8-24(21(20)2)27-15-17-28(18-16-27)26(30)12-9-22-19-23(10-11-25(22)33-3)34(31,32)29-13-4-5-14-29/h6-8,10-11,19H,4-5,9,12-18H2,1-3H3. The predicted octanol–water partition coefficient (Wildman–Crippen LogP) is 3.38. The smallest absolute Gasteiger partial charge is 0.243 e. The molecule has 2 aromatic rings. The summed E-state index contributed by atoms with van der Waals surface area (Å²) in [6.45, 7) is 8.39. The molecule has 184 valence electrons. The first-order chi connectivity index (χ1) is 16.3. The second-order valence-electron chi connectivity index (χ2n) is 9.17. The van der Waals surface area contributed by atoms with Gasteiger partial charge in [-0.1, -0.05) is 12.1 Å². The molecule has 0 saturated carbocycles. The van der Waals surface area contributed by atoms with Crippen molar-refractivity contribution < 1.29 is 17.9 Å². The van der Waals surface area contributed by atoms with Gasteiger partial charge in [0.25, 0.3) is 0 Å². The zero-order valence-corrected chi connectivity index (χ0v) is 21.2. The van der Waals surface area contributed by atoms with Gasteiger partial charge in [0.05, 0.1) is 12.0 Å². The number of benzene rings is 2. The van der Waals surface area contributed by atoms with E-state index in [1.807, 2.05) is 4.90 Å². The SMILES string of the molecule is COc1ccc(S(=O)(=O)N2CCCC2)cc1CCC(=O)N1CCN(c2cccc(C)c2C)CC1. The summed E-state index contributed by atoms with van der Waals surface area (Å²) in [6, 6.07) is 11.3. The number of anilines is 1. The number of sulfonamides is 1. The third-order valence-corrected chi connectivity index (χ3v) is 9.01. The summed E-state index contributed by atoms with van der Waals surface area (Å²) >= 11 is 0. The van der Waals surface area contributed by atoms with Gasteiger partial charge in [-0.05, 0) is 74.1 Å². The van der Waals surface area contributed by atoms with Crippen LogP contribution in [0.1, 0.15) is 36.0 Å². The predicted molar refractivity (Wildman–Crippen MR) is 134 cm³/mol. The van der Waals surface area contributed by atoms with Crippen molar-refractivity contribution in [3.8, 4) is 5.75 Å². The van der Waals surface area contributed by atoms with Gasteiger partial charge in [-0.15, -0.1) is 0 Å². The number of hydrogen-bond acceptors (Lipinski definition) is 5. The number of amides is 1. The highest BCUT2D eigenvalue weighted by atomic mass is 32.2. The maximum absolute atomic E-state index is 13.0. The van der Waals surface area contributed by atoms with Crippen molar-refractivity contribution in [2.45, 2.75) is 44.4 Å². The molecule has 4 rings (SSSR count). The third-order valence-electron chi connectivity index (χ3n) is 7.11. The number of hydrogen-bond donors (Lipinski definition) is 0. The van der Waals surface area contributed by atoms with Crippen LogP contribution in [0, 0.1) is 13.8 Å². The van der Waals surface area contributed by atoms with Gasteiger partial charge < -0.3 is 14.5 Å². The topological polar surface area (TPSA) is 70.2 Å². The highest BCUT2D eigenvalue weighted by molar-refractivity contribution is 7.89. The molecule has 0 N–H and O–H groups in total. The molecular weight excluding hydrogens is 450 g/mol. The normalized spacial score (nSPS) is 17.3. The van der Waals surface area contributed by atoms with E-state index in [2.05, 4.69) is 36.9 Å². The monoisotopic (exact) mass is 485 g/mol. The van der Waals surface area contributed by atoms with Crippen molar-refractivity contribution in [3.05, 3.63) is 53.1 Å². The Morgan fingerprint density at radius 1 is 0.971 bits per heavy atom. The lowest BCUT2D eigenvalue weighted by molar-refractivity contribution is -0.131. The fourth-order valence-electron chi connectivity index (χ4n) is 4.86. The number of methoxy groups -OCH3 is 1. The molecule has 1 amide bonds. The number of rotatable bonds is 7. The van der Waals surface area contributed by atoms with Crippen LogP contribution in [0.3, 0.4) is 0 Å². The van der Waals surface area contributed by atoms with Gasteiger partial charge in [-0.25, -0.2) is 8.42 Å². The molecule has 0 radical (unpaired) electrons. The molecule has 2 aliphatic rings. The maximum Gasteiger partial charge on any atom is 0.243 e.